The third-order valence-electron chi connectivity index (χ3n) is 1.95. The van der Waals surface area contributed by atoms with Crippen molar-refractivity contribution in [1.29, 1.82) is 0 Å². The fourth-order valence-corrected chi connectivity index (χ4v) is 2.70. The fraction of sp³-hybridized carbons (Fsp3) is 0.100. The second-order valence-electron chi connectivity index (χ2n) is 3.11. The van der Waals surface area contributed by atoms with Gasteiger partial charge in [0, 0.05) is 16.1 Å². The van der Waals surface area contributed by atoms with E-state index in [0.717, 1.165) is 9.24 Å². The lowest BCUT2D eigenvalue weighted by Gasteiger charge is -2.03. The lowest BCUT2D eigenvalue weighted by atomic mass is 10.1. The molecule has 0 saturated heterocycles. The van der Waals surface area contributed by atoms with Crippen LogP contribution in [0.5, 0.6) is 0 Å². The van der Waals surface area contributed by atoms with Crippen molar-refractivity contribution < 1.29 is 4.79 Å². The van der Waals surface area contributed by atoms with Gasteiger partial charge in [0.1, 0.15) is 5.51 Å². The first kappa shape index (κ1) is 11.1. The van der Waals surface area contributed by atoms with Gasteiger partial charge in [0.2, 0.25) is 0 Å². The summed E-state index contributed by atoms with van der Waals surface area (Å²) in [6.45, 7) is 1.51. The first-order chi connectivity index (χ1) is 7.66. The summed E-state index contributed by atoms with van der Waals surface area (Å²) in [6, 6.07) is 5.39. The van der Waals surface area contributed by atoms with E-state index in [1.54, 1.807) is 17.6 Å². The van der Waals surface area contributed by atoms with E-state index in [1.807, 2.05) is 6.07 Å². The van der Waals surface area contributed by atoms with E-state index in [-0.39, 0.29) is 5.78 Å². The third kappa shape index (κ3) is 2.40. The number of rotatable bonds is 3. The number of benzene rings is 1. The molecule has 4 nitrogen and oxygen atoms in total. The Morgan fingerprint density at radius 3 is 2.94 bits per heavy atom. The zero-order chi connectivity index (χ0) is 11.5. The lowest BCUT2D eigenvalue weighted by molar-refractivity contribution is 0.101. The molecule has 1 heterocycles. The van der Waals surface area contributed by atoms with Crippen molar-refractivity contribution in [2.45, 2.75) is 16.2 Å². The number of hydrogen-bond donors (Lipinski definition) is 1. The molecule has 0 radical (unpaired) electrons. The Labute approximate surface area is 101 Å². The number of nitrogen functional groups attached to an aromatic ring is 1. The van der Waals surface area contributed by atoms with Crippen molar-refractivity contribution in [3.63, 3.8) is 0 Å². The molecular formula is C10H9N3OS2. The van der Waals surface area contributed by atoms with E-state index in [1.165, 1.54) is 30.0 Å². The number of Topliss-reactive ketones (excluding diaryl/α,β-unsaturated/α-hetero) is 1. The highest BCUT2D eigenvalue weighted by Gasteiger charge is 2.07. The molecule has 16 heavy (non-hydrogen) atoms. The van der Waals surface area contributed by atoms with Crippen LogP contribution in [0.1, 0.15) is 17.3 Å². The highest BCUT2D eigenvalue weighted by molar-refractivity contribution is 8.01. The normalized spacial score (nSPS) is 10.3. The van der Waals surface area contributed by atoms with E-state index in [9.17, 15) is 4.79 Å². The van der Waals surface area contributed by atoms with Gasteiger partial charge in [0.15, 0.2) is 10.1 Å². The van der Waals surface area contributed by atoms with Gasteiger partial charge in [0.05, 0.1) is 0 Å². The quantitative estimate of drug-likeness (QED) is 0.670. The SMILES string of the molecule is CC(=O)c1cc(Sc2nncs2)ccc1N. The van der Waals surface area contributed by atoms with Gasteiger partial charge in [0.25, 0.3) is 0 Å². The van der Waals surface area contributed by atoms with E-state index in [0.29, 0.717) is 11.3 Å². The molecule has 0 aliphatic heterocycles. The van der Waals surface area contributed by atoms with Gasteiger partial charge >= 0.3 is 0 Å². The highest BCUT2D eigenvalue weighted by Crippen LogP contribution is 2.30. The van der Waals surface area contributed by atoms with Crippen molar-refractivity contribution in [3.05, 3.63) is 29.3 Å². The molecular weight excluding hydrogens is 242 g/mol. The smallest absolute Gasteiger partial charge is 0.178 e. The average Bonchev–Trinajstić information content (AvgIpc) is 2.73. The van der Waals surface area contributed by atoms with Gasteiger partial charge in [-0.3, -0.25) is 4.79 Å². The average molecular weight is 251 g/mol. The molecule has 0 atom stereocenters. The molecule has 0 bridgehead atoms. The van der Waals surface area contributed by atoms with Crippen molar-refractivity contribution in [2.24, 2.45) is 0 Å². The minimum absolute atomic E-state index is 0.0304. The molecule has 6 heteroatoms. The second kappa shape index (κ2) is 4.63. The van der Waals surface area contributed by atoms with Crippen LogP contribution in [0.4, 0.5) is 5.69 Å². The minimum atomic E-state index is -0.0304. The van der Waals surface area contributed by atoms with Crippen LogP contribution in [0.15, 0.2) is 32.9 Å². The van der Waals surface area contributed by atoms with Gasteiger partial charge in [-0.05, 0) is 25.1 Å². The Balaban J connectivity index is 2.29. The molecule has 0 saturated carbocycles. The first-order valence-corrected chi connectivity index (χ1v) is 6.21. The van der Waals surface area contributed by atoms with E-state index in [2.05, 4.69) is 10.2 Å². The first-order valence-electron chi connectivity index (χ1n) is 4.51. The number of aromatic nitrogens is 2. The molecule has 1 aromatic heterocycles. The largest absolute Gasteiger partial charge is 0.398 e. The summed E-state index contributed by atoms with van der Waals surface area (Å²) in [5.41, 5.74) is 8.44. The zero-order valence-electron chi connectivity index (χ0n) is 8.51. The Hall–Kier alpha value is -1.40. The molecule has 2 N–H and O–H groups in total. The monoisotopic (exact) mass is 251 g/mol. The number of ketones is 1. The summed E-state index contributed by atoms with van der Waals surface area (Å²) >= 11 is 2.93. The van der Waals surface area contributed by atoms with E-state index >= 15 is 0 Å². The number of nitrogens with zero attached hydrogens (tertiary/aromatic N) is 2. The standard InChI is InChI=1S/C10H9N3OS2/c1-6(14)8-4-7(2-3-9(8)11)16-10-13-12-5-15-10/h2-5H,11H2,1H3. The molecule has 0 aliphatic rings. The zero-order valence-corrected chi connectivity index (χ0v) is 10.1. The molecule has 0 unspecified atom stereocenters. The number of carbonyl (C=O) groups is 1. The second-order valence-corrected chi connectivity index (χ2v) is 5.27. The molecule has 0 aliphatic carbocycles. The summed E-state index contributed by atoms with van der Waals surface area (Å²) < 4.78 is 0.847. The minimum Gasteiger partial charge on any atom is -0.398 e. The Kier molecular flexibility index (Phi) is 3.21. The predicted octanol–water partition coefficient (Wildman–Crippen LogP) is 2.47. The van der Waals surface area contributed by atoms with E-state index < -0.39 is 0 Å². The Morgan fingerprint density at radius 1 is 1.50 bits per heavy atom. The Bertz CT molecular complexity index is 511. The molecule has 82 valence electrons. The fourth-order valence-electron chi connectivity index (χ4n) is 1.21. The number of carbonyl (C=O) groups excluding carboxylic acids is 1. The van der Waals surface area contributed by atoms with Gasteiger partial charge in [-0.2, -0.15) is 0 Å². The van der Waals surface area contributed by atoms with Gasteiger partial charge < -0.3 is 5.73 Å². The molecule has 0 amide bonds. The summed E-state index contributed by atoms with van der Waals surface area (Å²) in [6.07, 6.45) is 0. The third-order valence-corrected chi connectivity index (χ3v) is 3.72. The maximum absolute atomic E-state index is 11.3. The summed E-state index contributed by atoms with van der Waals surface area (Å²) in [7, 11) is 0. The van der Waals surface area contributed by atoms with Crippen LogP contribution in [0.2, 0.25) is 0 Å². The number of nitrogens with two attached hydrogens (primary N) is 1. The van der Waals surface area contributed by atoms with Crippen molar-refractivity contribution in [2.75, 3.05) is 5.73 Å². The van der Waals surface area contributed by atoms with Gasteiger partial charge in [-0.25, -0.2) is 0 Å². The number of hydrogen-bond acceptors (Lipinski definition) is 6. The molecule has 0 fully saturated rings. The van der Waals surface area contributed by atoms with Crippen molar-refractivity contribution in [1.82, 2.24) is 10.2 Å². The number of anilines is 1. The highest BCUT2D eigenvalue weighted by atomic mass is 32.2. The maximum atomic E-state index is 11.3. The molecule has 0 spiro atoms. The van der Waals surface area contributed by atoms with Crippen LogP contribution in [0.25, 0.3) is 0 Å². The van der Waals surface area contributed by atoms with Gasteiger partial charge in [-0.1, -0.05) is 23.1 Å². The summed E-state index contributed by atoms with van der Waals surface area (Å²) in [4.78, 5) is 12.2. The Morgan fingerprint density at radius 2 is 2.31 bits per heavy atom. The van der Waals surface area contributed by atoms with E-state index in [4.69, 9.17) is 5.73 Å². The molecule has 2 rings (SSSR count). The van der Waals surface area contributed by atoms with Crippen LogP contribution >= 0.6 is 23.1 Å². The topological polar surface area (TPSA) is 68.9 Å². The predicted molar refractivity (Wildman–Crippen MR) is 64.9 cm³/mol. The van der Waals surface area contributed by atoms with Crippen molar-refractivity contribution >= 4 is 34.6 Å². The van der Waals surface area contributed by atoms with Crippen LogP contribution in [0, 0.1) is 0 Å². The van der Waals surface area contributed by atoms with Crippen LogP contribution < -0.4 is 5.73 Å². The molecule has 2 aromatic rings. The summed E-state index contributed by atoms with van der Waals surface area (Å²) in [5, 5.41) is 7.67. The maximum Gasteiger partial charge on any atom is 0.178 e. The molecule has 1 aromatic carbocycles. The van der Waals surface area contributed by atoms with Crippen molar-refractivity contribution in [3.8, 4) is 0 Å². The van der Waals surface area contributed by atoms with Gasteiger partial charge in [-0.15, -0.1) is 10.2 Å². The van der Waals surface area contributed by atoms with Crippen LogP contribution in [0.3, 0.4) is 0 Å². The van der Waals surface area contributed by atoms with Crippen LogP contribution in [-0.2, 0) is 0 Å². The lowest BCUT2D eigenvalue weighted by Crippen LogP contribution is -1.99. The summed E-state index contributed by atoms with van der Waals surface area (Å²) in [5.74, 6) is -0.0304. The van der Waals surface area contributed by atoms with Crippen LogP contribution in [-0.4, -0.2) is 16.0 Å².